The molecule has 7 fully saturated rings. The molecule has 0 radical (unpaired) electrons. The van der Waals surface area contributed by atoms with Crippen molar-refractivity contribution < 1.29 is 104 Å². The SMILES string of the molecule is CC1(C)CCC2(C(=O)OC3OC(COC4OC(CO)C(O)C(O)C4O)C(O)C(O)C3O)CCC3(C)C(=CCC4C5(C)CC(O)C(OC6OC(CO)C(O)C(O)C6O)C(C)(C(=O)O)C5CCC43C)C2C1. The molecule has 0 amide bonds. The number of carbonyl (C=O) groups is 2. The lowest BCUT2D eigenvalue weighted by atomic mass is 9.33. The number of fused-ring (bicyclic) bond motifs is 7. The Balaban J connectivity index is 1.05. The van der Waals surface area contributed by atoms with E-state index in [0.29, 0.717) is 51.4 Å². The maximum atomic E-state index is 15.0. The summed E-state index contributed by atoms with van der Waals surface area (Å²) in [7, 11) is 0. The Hall–Kier alpha value is -2.00. The largest absolute Gasteiger partial charge is 0.481 e. The summed E-state index contributed by atoms with van der Waals surface area (Å²) in [6.45, 7) is 10.3. The zero-order valence-corrected chi connectivity index (χ0v) is 40.2. The van der Waals surface area contributed by atoms with Gasteiger partial charge in [0.15, 0.2) is 12.6 Å². The molecule has 21 nitrogen and oxygen atoms in total. The highest BCUT2D eigenvalue weighted by Gasteiger charge is 2.73. The van der Waals surface area contributed by atoms with Crippen LogP contribution in [0.3, 0.4) is 0 Å². The number of carbonyl (C=O) groups excluding carboxylic acids is 1. The molecule has 8 aliphatic rings. The van der Waals surface area contributed by atoms with Crippen molar-refractivity contribution in [2.75, 3.05) is 19.8 Å². The van der Waals surface area contributed by atoms with E-state index in [9.17, 15) is 76.0 Å². The Kier molecular flexibility index (Phi) is 14.5. The number of aliphatic hydroxyl groups is 12. The molecule has 21 heteroatoms. The molecule has 0 aromatic heterocycles. The lowest BCUT2D eigenvalue weighted by molar-refractivity contribution is -0.340. The summed E-state index contributed by atoms with van der Waals surface area (Å²) >= 11 is 0. The number of carboxylic acids is 1. The van der Waals surface area contributed by atoms with Gasteiger partial charge in [-0.15, -0.1) is 0 Å². The van der Waals surface area contributed by atoms with Gasteiger partial charge < -0.3 is 94.8 Å². The minimum absolute atomic E-state index is 0.133. The van der Waals surface area contributed by atoms with E-state index in [4.69, 9.17) is 28.4 Å². The Morgan fingerprint density at radius 1 is 0.638 bits per heavy atom. The van der Waals surface area contributed by atoms with Crippen molar-refractivity contribution in [3.8, 4) is 0 Å². The quantitative estimate of drug-likeness (QED) is 0.0651. The van der Waals surface area contributed by atoms with Crippen molar-refractivity contribution in [3.63, 3.8) is 0 Å². The van der Waals surface area contributed by atoms with Gasteiger partial charge in [0.05, 0.1) is 36.8 Å². The summed E-state index contributed by atoms with van der Waals surface area (Å²) < 4.78 is 34.8. The van der Waals surface area contributed by atoms with Crippen molar-refractivity contribution in [3.05, 3.63) is 11.6 Å². The Bertz CT molecular complexity index is 1930. The first-order valence-corrected chi connectivity index (χ1v) is 24.6. The second kappa shape index (κ2) is 18.7. The van der Waals surface area contributed by atoms with E-state index in [-0.39, 0.29) is 23.7 Å². The van der Waals surface area contributed by atoms with Gasteiger partial charge in [-0.25, -0.2) is 0 Å². The van der Waals surface area contributed by atoms with E-state index >= 15 is 0 Å². The van der Waals surface area contributed by atoms with Gasteiger partial charge >= 0.3 is 11.9 Å². The molecule has 0 aromatic carbocycles. The standard InChI is InChI=1S/C48H76O21/c1-43(2)11-13-48(42(63)69-40-36(60)33(57)30(54)25(67-40)19-64-38-34(58)31(55)28(52)23(17-49)65-38)14-12-45(4)20(21(48)15-43)7-8-26-44(3)16-22(51)37(47(6,41(61)62)27(44)9-10-46(26,45)5)68-39-35(59)32(56)29(53)24(18-50)66-39/h7,21-40,49-60H,8-19H2,1-6H3,(H,61,62). The summed E-state index contributed by atoms with van der Waals surface area (Å²) in [6, 6.07) is 0. The number of rotatable bonds is 10. The van der Waals surface area contributed by atoms with Crippen molar-refractivity contribution in [1.29, 1.82) is 0 Å². The summed E-state index contributed by atoms with van der Waals surface area (Å²) in [5, 5.41) is 138. The predicted octanol–water partition coefficient (Wildman–Crippen LogP) is -1.82. The van der Waals surface area contributed by atoms with Crippen LogP contribution < -0.4 is 0 Å². The second-order valence-electron chi connectivity index (χ2n) is 23.4. The fourth-order valence-corrected chi connectivity index (χ4v) is 15.0. The average Bonchev–Trinajstić information content (AvgIpc) is 3.29. The van der Waals surface area contributed by atoms with Crippen molar-refractivity contribution in [2.45, 2.75) is 204 Å². The first-order chi connectivity index (χ1) is 32.2. The smallest absolute Gasteiger partial charge is 0.315 e. The van der Waals surface area contributed by atoms with Crippen LogP contribution in [0.1, 0.15) is 99.3 Å². The number of aliphatic carboxylic acids is 1. The first-order valence-electron chi connectivity index (χ1n) is 24.6. The summed E-state index contributed by atoms with van der Waals surface area (Å²) in [5.41, 5.74) is -3.69. The molecule has 3 saturated heterocycles. The number of ether oxygens (including phenoxy) is 6. The van der Waals surface area contributed by atoms with Crippen LogP contribution in [-0.4, -0.2) is 202 Å². The summed E-state index contributed by atoms with van der Waals surface area (Å²) in [5.74, 6) is -2.91. The van der Waals surface area contributed by atoms with E-state index in [1.54, 1.807) is 0 Å². The number of allylic oxidation sites excluding steroid dienone is 2. The highest BCUT2D eigenvalue weighted by atomic mass is 16.7. The average molecular weight is 989 g/mol. The number of aliphatic hydroxyl groups excluding tert-OH is 12. The molecule has 3 heterocycles. The molecular weight excluding hydrogens is 913 g/mol. The van der Waals surface area contributed by atoms with Gasteiger partial charge in [0, 0.05) is 0 Å². The molecule has 5 aliphatic carbocycles. The lowest BCUT2D eigenvalue weighted by Gasteiger charge is -2.71. The molecule has 4 saturated carbocycles. The van der Waals surface area contributed by atoms with Crippen molar-refractivity contribution in [2.24, 2.45) is 50.2 Å². The number of carboxylic acid groups (broad SMARTS) is 1. The van der Waals surface area contributed by atoms with E-state index in [1.807, 2.05) is 6.92 Å². The molecule has 0 bridgehead atoms. The highest BCUT2D eigenvalue weighted by Crippen LogP contribution is 2.76. The van der Waals surface area contributed by atoms with Crippen molar-refractivity contribution in [1.82, 2.24) is 0 Å². The van der Waals surface area contributed by atoms with Gasteiger partial charge in [0.2, 0.25) is 6.29 Å². The molecule has 394 valence electrons. The summed E-state index contributed by atoms with van der Waals surface area (Å²) in [6.07, 6.45) is -21.2. The van der Waals surface area contributed by atoms with Crippen LogP contribution in [0.4, 0.5) is 0 Å². The van der Waals surface area contributed by atoms with Crippen molar-refractivity contribution >= 4 is 11.9 Å². The normalized spacial score (nSPS) is 53.9. The van der Waals surface area contributed by atoms with Crippen LogP contribution >= 0.6 is 0 Å². The van der Waals surface area contributed by atoms with Gasteiger partial charge in [-0.2, -0.15) is 0 Å². The molecule has 13 N–H and O–H groups in total. The molecule has 8 rings (SSSR count). The van der Waals surface area contributed by atoms with Crippen LogP contribution in [-0.2, 0) is 38.0 Å². The fraction of sp³-hybridized carbons (Fsp3) is 0.917. The van der Waals surface area contributed by atoms with Gasteiger partial charge in [-0.3, -0.25) is 9.59 Å². The number of esters is 1. The lowest BCUT2D eigenvalue weighted by Crippen LogP contribution is -2.70. The third-order valence-corrected chi connectivity index (χ3v) is 19.4. The maximum Gasteiger partial charge on any atom is 0.315 e. The van der Waals surface area contributed by atoms with Gasteiger partial charge in [0.25, 0.3) is 0 Å². The Morgan fingerprint density at radius 2 is 1.17 bits per heavy atom. The van der Waals surface area contributed by atoms with Crippen LogP contribution in [0, 0.1) is 50.2 Å². The monoisotopic (exact) mass is 988 g/mol. The minimum atomic E-state index is -1.87. The third-order valence-electron chi connectivity index (χ3n) is 19.4. The van der Waals surface area contributed by atoms with Gasteiger partial charge in [-0.05, 0) is 104 Å². The fourth-order valence-electron chi connectivity index (χ4n) is 15.0. The topological polar surface area (TPSA) is 353 Å². The van der Waals surface area contributed by atoms with Gasteiger partial charge in [-0.1, -0.05) is 46.3 Å². The molecule has 25 unspecified atom stereocenters. The van der Waals surface area contributed by atoms with Crippen LogP contribution in [0.5, 0.6) is 0 Å². The molecule has 69 heavy (non-hydrogen) atoms. The number of hydrogen-bond acceptors (Lipinski definition) is 20. The Labute approximate surface area is 400 Å². The van der Waals surface area contributed by atoms with Crippen LogP contribution in [0.15, 0.2) is 11.6 Å². The highest BCUT2D eigenvalue weighted by molar-refractivity contribution is 5.79. The third kappa shape index (κ3) is 8.25. The Morgan fingerprint density at radius 3 is 1.77 bits per heavy atom. The van der Waals surface area contributed by atoms with E-state index < -0.39 is 169 Å². The zero-order valence-electron chi connectivity index (χ0n) is 40.2. The predicted molar refractivity (Wildman–Crippen MR) is 234 cm³/mol. The minimum Gasteiger partial charge on any atom is -0.481 e. The van der Waals surface area contributed by atoms with Crippen LogP contribution in [0.2, 0.25) is 0 Å². The molecule has 25 atom stereocenters. The van der Waals surface area contributed by atoms with Crippen LogP contribution in [0.25, 0.3) is 0 Å². The number of hydrogen-bond donors (Lipinski definition) is 13. The van der Waals surface area contributed by atoms with E-state index in [2.05, 4.69) is 33.8 Å². The summed E-state index contributed by atoms with van der Waals surface area (Å²) in [4.78, 5) is 28.6. The molecule has 3 aliphatic heterocycles. The second-order valence-corrected chi connectivity index (χ2v) is 23.4. The first kappa shape index (κ1) is 53.3. The van der Waals surface area contributed by atoms with Gasteiger partial charge in [0.1, 0.15) is 79.4 Å². The van der Waals surface area contributed by atoms with E-state index in [1.165, 1.54) is 6.92 Å². The molecular formula is C48H76O21. The molecule has 0 spiro atoms. The van der Waals surface area contributed by atoms with E-state index in [0.717, 1.165) is 5.57 Å². The maximum absolute atomic E-state index is 15.0. The molecule has 0 aromatic rings. The zero-order chi connectivity index (χ0) is 50.7.